The lowest BCUT2D eigenvalue weighted by atomic mass is 10.4. The summed E-state index contributed by atoms with van der Waals surface area (Å²) in [4.78, 5) is 0. The predicted molar refractivity (Wildman–Crippen MR) is 62.7 cm³/mol. The lowest BCUT2D eigenvalue weighted by molar-refractivity contribution is -0.0852. The van der Waals surface area contributed by atoms with Crippen LogP contribution in [0.5, 0.6) is 0 Å². The van der Waals surface area contributed by atoms with Gasteiger partial charge in [0, 0.05) is 6.61 Å². The van der Waals surface area contributed by atoms with Crippen LogP contribution in [0.15, 0.2) is 0 Å². The molecule has 0 aliphatic rings. The standard InChI is InChI=1S/C7H15O2.2C2H5.Al/c1-3-5-6-9-7(8)4-2;2*1-2;/h7H,3-6H2,1-2H3;2*1H2,2H3;/q-1;;;+1. The zero-order chi connectivity index (χ0) is 10.8. The van der Waals surface area contributed by atoms with Crippen LogP contribution in [0.4, 0.5) is 0 Å². The average molecular weight is 216 g/mol. The molecule has 3 heteroatoms. The first-order valence-corrected chi connectivity index (χ1v) is 8.15. The van der Waals surface area contributed by atoms with Crippen molar-refractivity contribution in [2.24, 2.45) is 0 Å². The molecular formula is C11H25AlO2. The van der Waals surface area contributed by atoms with Crippen molar-refractivity contribution in [1.82, 2.24) is 0 Å². The van der Waals surface area contributed by atoms with E-state index in [-0.39, 0.29) is 6.29 Å². The van der Waals surface area contributed by atoms with Crippen molar-refractivity contribution in [3.63, 3.8) is 0 Å². The van der Waals surface area contributed by atoms with E-state index >= 15 is 0 Å². The van der Waals surface area contributed by atoms with Gasteiger partial charge in [0.2, 0.25) is 0 Å². The molecule has 1 atom stereocenters. The van der Waals surface area contributed by atoms with Gasteiger partial charge in [0.25, 0.3) is 0 Å². The summed E-state index contributed by atoms with van der Waals surface area (Å²) < 4.78 is 11.6. The van der Waals surface area contributed by atoms with Crippen LogP contribution in [0.2, 0.25) is 10.6 Å². The van der Waals surface area contributed by atoms with Gasteiger partial charge in [0.1, 0.15) is 6.29 Å². The van der Waals surface area contributed by atoms with Gasteiger partial charge in [-0.1, -0.05) is 44.7 Å². The second-order valence-electron chi connectivity index (χ2n) is 3.64. The maximum Gasteiger partial charge on any atom is 0.462 e. The molecule has 0 bridgehead atoms. The van der Waals surface area contributed by atoms with Crippen LogP contribution in [0.25, 0.3) is 0 Å². The molecule has 0 saturated carbocycles. The van der Waals surface area contributed by atoms with E-state index in [4.69, 9.17) is 8.53 Å². The largest absolute Gasteiger partial charge is 0.478 e. The Kier molecular flexibility index (Phi) is 10.3. The Morgan fingerprint density at radius 3 is 2.14 bits per heavy atom. The topological polar surface area (TPSA) is 18.5 Å². The van der Waals surface area contributed by atoms with Crippen molar-refractivity contribution >= 4 is 14.5 Å². The highest BCUT2D eigenvalue weighted by Crippen LogP contribution is 2.09. The molecule has 0 N–H and O–H groups in total. The van der Waals surface area contributed by atoms with Crippen LogP contribution in [0.1, 0.15) is 47.0 Å². The summed E-state index contributed by atoms with van der Waals surface area (Å²) in [5.74, 6) is 0. The molecule has 0 aliphatic heterocycles. The fraction of sp³-hybridized carbons (Fsp3) is 1.00. The molecule has 0 aromatic heterocycles. The lowest BCUT2D eigenvalue weighted by Crippen LogP contribution is -2.26. The molecule has 0 aliphatic carbocycles. The summed E-state index contributed by atoms with van der Waals surface area (Å²) in [5.41, 5.74) is 0. The molecule has 1 unspecified atom stereocenters. The molecular weight excluding hydrogens is 191 g/mol. The van der Waals surface area contributed by atoms with Crippen molar-refractivity contribution in [1.29, 1.82) is 0 Å². The Balaban J connectivity index is 3.65. The third kappa shape index (κ3) is 6.84. The Morgan fingerprint density at radius 2 is 1.71 bits per heavy atom. The van der Waals surface area contributed by atoms with Gasteiger partial charge in [-0.15, -0.1) is 0 Å². The Hall–Kier alpha value is 0.452. The number of unbranched alkanes of at least 4 members (excludes halogenated alkanes) is 1. The fourth-order valence-electron chi connectivity index (χ4n) is 1.31. The molecule has 0 heterocycles. The first kappa shape index (κ1) is 14.5. The lowest BCUT2D eigenvalue weighted by Gasteiger charge is -2.21. The number of rotatable bonds is 9. The predicted octanol–water partition coefficient (Wildman–Crippen LogP) is 3.59. The summed E-state index contributed by atoms with van der Waals surface area (Å²) >= 11 is -0.944. The van der Waals surface area contributed by atoms with Gasteiger partial charge in [-0.25, -0.2) is 0 Å². The first-order valence-electron chi connectivity index (χ1n) is 6.05. The van der Waals surface area contributed by atoms with Gasteiger partial charge in [-0.3, -0.25) is 0 Å². The third-order valence-corrected chi connectivity index (χ3v) is 4.90. The van der Waals surface area contributed by atoms with Gasteiger partial charge in [-0.2, -0.15) is 0 Å². The van der Waals surface area contributed by atoms with Crippen LogP contribution in [-0.2, 0) is 8.53 Å². The van der Waals surface area contributed by atoms with Crippen molar-refractivity contribution in [2.45, 2.75) is 63.8 Å². The average Bonchev–Trinajstić information content (AvgIpc) is 2.23. The molecule has 0 aromatic rings. The highest BCUT2D eigenvalue weighted by atomic mass is 27.2. The molecule has 0 rings (SSSR count). The van der Waals surface area contributed by atoms with E-state index in [2.05, 4.69) is 27.7 Å². The van der Waals surface area contributed by atoms with Gasteiger partial charge < -0.3 is 8.53 Å². The van der Waals surface area contributed by atoms with E-state index in [0.717, 1.165) is 19.4 Å². The van der Waals surface area contributed by atoms with Crippen LogP contribution >= 0.6 is 0 Å². The zero-order valence-corrected chi connectivity index (χ0v) is 11.4. The van der Waals surface area contributed by atoms with Gasteiger partial charge >= 0.3 is 14.5 Å². The van der Waals surface area contributed by atoms with Crippen molar-refractivity contribution in [3.8, 4) is 0 Å². The molecule has 0 aromatic carbocycles. The quantitative estimate of drug-likeness (QED) is 0.333. The summed E-state index contributed by atoms with van der Waals surface area (Å²) in [6, 6.07) is 0. The van der Waals surface area contributed by atoms with E-state index in [1.165, 1.54) is 17.0 Å². The van der Waals surface area contributed by atoms with Crippen molar-refractivity contribution in [3.05, 3.63) is 0 Å². The Morgan fingerprint density at radius 1 is 1.07 bits per heavy atom. The van der Waals surface area contributed by atoms with Crippen LogP contribution in [-0.4, -0.2) is 27.4 Å². The van der Waals surface area contributed by atoms with E-state index in [1.54, 1.807) is 0 Å². The molecule has 2 nitrogen and oxygen atoms in total. The van der Waals surface area contributed by atoms with E-state index in [9.17, 15) is 0 Å². The molecule has 0 spiro atoms. The van der Waals surface area contributed by atoms with Gasteiger partial charge in [0.05, 0.1) is 0 Å². The minimum absolute atomic E-state index is 0.0677. The van der Waals surface area contributed by atoms with E-state index < -0.39 is 14.5 Å². The maximum absolute atomic E-state index is 5.96. The molecule has 14 heavy (non-hydrogen) atoms. The van der Waals surface area contributed by atoms with Crippen LogP contribution in [0, 0.1) is 0 Å². The van der Waals surface area contributed by atoms with Crippen LogP contribution in [0.3, 0.4) is 0 Å². The second kappa shape index (κ2) is 9.99. The number of hydrogen-bond acceptors (Lipinski definition) is 2. The number of hydrogen-bond donors (Lipinski definition) is 0. The number of ether oxygens (including phenoxy) is 1. The summed E-state index contributed by atoms with van der Waals surface area (Å²) in [7, 11) is 0. The SMILES string of the molecule is CCCCOC(CC)[O][Al]([CH2]C)[CH2]C. The van der Waals surface area contributed by atoms with Crippen molar-refractivity contribution in [2.75, 3.05) is 6.61 Å². The maximum atomic E-state index is 5.96. The van der Waals surface area contributed by atoms with Gasteiger partial charge in [-0.05, 0) is 12.8 Å². The minimum Gasteiger partial charge on any atom is -0.478 e. The van der Waals surface area contributed by atoms with Crippen LogP contribution < -0.4 is 0 Å². The monoisotopic (exact) mass is 216 g/mol. The molecule has 0 radical (unpaired) electrons. The first-order chi connectivity index (χ1) is 6.78. The normalized spacial score (nSPS) is 12.9. The molecule has 0 amide bonds. The summed E-state index contributed by atoms with van der Waals surface area (Å²) in [5, 5.41) is 2.42. The molecule has 0 fully saturated rings. The van der Waals surface area contributed by atoms with Gasteiger partial charge in [0.15, 0.2) is 0 Å². The highest BCUT2D eigenvalue weighted by Gasteiger charge is 2.19. The highest BCUT2D eigenvalue weighted by molar-refractivity contribution is 6.51. The van der Waals surface area contributed by atoms with E-state index in [1.807, 2.05) is 0 Å². The third-order valence-electron chi connectivity index (χ3n) is 2.39. The summed E-state index contributed by atoms with van der Waals surface area (Å²) in [6.07, 6.45) is 3.38. The smallest absolute Gasteiger partial charge is 0.462 e. The minimum atomic E-state index is -0.944. The summed E-state index contributed by atoms with van der Waals surface area (Å²) in [6.45, 7) is 9.61. The zero-order valence-electron chi connectivity index (χ0n) is 10.2. The Labute approximate surface area is 93.7 Å². The molecule has 84 valence electrons. The van der Waals surface area contributed by atoms with Crippen molar-refractivity contribution < 1.29 is 8.53 Å². The van der Waals surface area contributed by atoms with E-state index in [0.29, 0.717) is 0 Å². The fourth-order valence-corrected chi connectivity index (χ4v) is 2.97. The molecule has 0 saturated heterocycles. The second-order valence-corrected chi connectivity index (χ2v) is 6.79. The Bertz CT molecular complexity index is 116.